The van der Waals surface area contributed by atoms with Crippen molar-refractivity contribution in [2.24, 2.45) is 11.7 Å². The summed E-state index contributed by atoms with van der Waals surface area (Å²) in [6.07, 6.45) is 3.11. The minimum Gasteiger partial charge on any atom is -0.492 e. The second-order valence-electron chi connectivity index (χ2n) is 7.91. The van der Waals surface area contributed by atoms with Gasteiger partial charge in [-0.05, 0) is 25.7 Å². The van der Waals surface area contributed by atoms with Crippen molar-refractivity contribution in [3.63, 3.8) is 0 Å². The average molecular weight is 389 g/mol. The van der Waals surface area contributed by atoms with Crippen molar-refractivity contribution in [3.8, 4) is 5.75 Å². The van der Waals surface area contributed by atoms with Gasteiger partial charge in [-0.25, -0.2) is 9.18 Å². The Kier molecular flexibility index (Phi) is 4.33. The molecule has 1 aliphatic heterocycles. The number of aromatic carboxylic acids is 1. The SMILES string of the molecule is COc1c(N2C[C@@H](C)[C@H](N)C2)c(F)c(C)c2c(=O)c(C(=O)O)cn(C3CC3)c12. The van der Waals surface area contributed by atoms with Crippen LogP contribution in [0.2, 0.25) is 0 Å². The van der Waals surface area contributed by atoms with Crippen molar-refractivity contribution < 1.29 is 19.0 Å². The van der Waals surface area contributed by atoms with E-state index in [1.165, 1.54) is 20.2 Å². The van der Waals surface area contributed by atoms with E-state index in [1.807, 2.05) is 11.8 Å². The molecule has 2 aliphatic rings. The molecule has 1 aromatic carbocycles. The summed E-state index contributed by atoms with van der Waals surface area (Å²) in [5, 5.41) is 9.53. The van der Waals surface area contributed by atoms with Crippen LogP contribution < -0.4 is 20.8 Å². The highest BCUT2D eigenvalue weighted by Gasteiger charge is 2.35. The maximum absolute atomic E-state index is 15.5. The van der Waals surface area contributed by atoms with Crippen LogP contribution in [-0.4, -0.2) is 41.9 Å². The van der Waals surface area contributed by atoms with Crippen LogP contribution in [0.4, 0.5) is 10.1 Å². The Morgan fingerprint density at radius 3 is 2.54 bits per heavy atom. The largest absolute Gasteiger partial charge is 0.492 e. The van der Waals surface area contributed by atoms with Gasteiger partial charge in [0, 0.05) is 36.9 Å². The van der Waals surface area contributed by atoms with Gasteiger partial charge in [-0.1, -0.05) is 6.92 Å². The lowest BCUT2D eigenvalue weighted by atomic mass is 10.0. The molecular formula is C20H24FN3O4. The van der Waals surface area contributed by atoms with Crippen molar-refractivity contribution in [2.75, 3.05) is 25.1 Å². The molecule has 3 N–H and O–H groups in total. The van der Waals surface area contributed by atoms with E-state index in [0.717, 1.165) is 12.8 Å². The summed E-state index contributed by atoms with van der Waals surface area (Å²) in [5.74, 6) is -1.42. The average Bonchev–Trinajstić information content (AvgIpc) is 3.43. The van der Waals surface area contributed by atoms with Crippen LogP contribution in [0.3, 0.4) is 0 Å². The number of nitrogens with two attached hydrogens (primary N) is 1. The molecule has 1 saturated carbocycles. The predicted octanol–water partition coefficient (Wildman–Crippen LogP) is 2.27. The fourth-order valence-electron chi connectivity index (χ4n) is 4.15. The topological polar surface area (TPSA) is 97.8 Å². The first-order valence-corrected chi connectivity index (χ1v) is 9.44. The Morgan fingerprint density at radius 2 is 2.04 bits per heavy atom. The van der Waals surface area contributed by atoms with E-state index >= 15 is 4.39 Å². The lowest BCUT2D eigenvalue weighted by Crippen LogP contribution is -2.29. The molecule has 0 unspecified atom stereocenters. The molecule has 2 heterocycles. The van der Waals surface area contributed by atoms with Gasteiger partial charge in [-0.2, -0.15) is 0 Å². The van der Waals surface area contributed by atoms with Crippen LogP contribution in [0.25, 0.3) is 10.9 Å². The molecule has 2 aromatic rings. The molecule has 4 rings (SSSR count). The van der Waals surface area contributed by atoms with E-state index in [4.69, 9.17) is 10.5 Å². The molecule has 2 fully saturated rings. The first-order chi connectivity index (χ1) is 13.3. The number of carboxylic acids is 1. The van der Waals surface area contributed by atoms with Crippen LogP contribution in [0, 0.1) is 18.7 Å². The summed E-state index contributed by atoms with van der Waals surface area (Å²) >= 11 is 0. The fourth-order valence-corrected chi connectivity index (χ4v) is 4.15. The minimum absolute atomic E-state index is 0.0708. The van der Waals surface area contributed by atoms with Gasteiger partial charge < -0.3 is 25.0 Å². The molecular weight excluding hydrogens is 365 g/mol. The third-order valence-electron chi connectivity index (χ3n) is 5.94. The van der Waals surface area contributed by atoms with Gasteiger partial charge >= 0.3 is 5.97 Å². The molecule has 0 radical (unpaired) electrons. The van der Waals surface area contributed by atoms with E-state index in [-0.39, 0.29) is 40.3 Å². The van der Waals surface area contributed by atoms with Crippen molar-refractivity contribution in [2.45, 2.75) is 38.8 Å². The van der Waals surface area contributed by atoms with Crippen molar-refractivity contribution in [1.29, 1.82) is 0 Å². The Bertz CT molecular complexity index is 1030. The van der Waals surface area contributed by atoms with Crippen LogP contribution in [0.1, 0.15) is 41.7 Å². The number of benzene rings is 1. The molecule has 0 spiro atoms. The maximum atomic E-state index is 15.5. The fraction of sp³-hybridized carbons (Fsp3) is 0.500. The smallest absolute Gasteiger partial charge is 0.341 e. The third kappa shape index (κ3) is 2.66. The highest BCUT2D eigenvalue weighted by Crippen LogP contribution is 2.45. The number of rotatable bonds is 4. The van der Waals surface area contributed by atoms with Gasteiger partial charge in [0.15, 0.2) is 11.6 Å². The third-order valence-corrected chi connectivity index (χ3v) is 5.94. The Balaban J connectivity index is 2.10. The number of methoxy groups -OCH3 is 1. The zero-order valence-corrected chi connectivity index (χ0v) is 16.2. The molecule has 2 atom stereocenters. The number of hydrogen-bond donors (Lipinski definition) is 2. The number of anilines is 1. The number of aryl methyl sites for hydroxylation is 1. The van der Waals surface area contributed by atoms with Crippen molar-refractivity contribution >= 4 is 22.6 Å². The zero-order chi connectivity index (χ0) is 20.3. The van der Waals surface area contributed by atoms with Crippen LogP contribution >= 0.6 is 0 Å². The second-order valence-corrected chi connectivity index (χ2v) is 7.91. The molecule has 0 bridgehead atoms. The normalized spacial score (nSPS) is 22.1. The number of ether oxygens (including phenoxy) is 1. The maximum Gasteiger partial charge on any atom is 0.341 e. The van der Waals surface area contributed by atoms with E-state index in [0.29, 0.717) is 24.3 Å². The lowest BCUT2D eigenvalue weighted by molar-refractivity contribution is 0.0695. The molecule has 1 aromatic heterocycles. The summed E-state index contributed by atoms with van der Waals surface area (Å²) in [4.78, 5) is 26.4. The number of carboxylic acid groups (broad SMARTS) is 1. The number of aromatic nitrogens is 1. The van der Waals surface area contributed by atoms with Gasteiger partial charge in [-0.15, -0.1) is 0 Å². The molecule has 1 aliphatic carbocycles. The summed E-state index contributed by atoms with van der Waals surface area (Å²) in [6, 6.07) is -0.00677. The summed E-state index contributed by atoms with van der Waals surface area (Å²) in [7, 11) is 1.44. The molecule has 1 saturated heterocycles. The second kappa shape index (κ2) is 6.48. The zero-order valence-electron chi connectivity index (χ0n) is 16.2. The molecule has 7 nitrogen and oxygen atoms in total. The molecule has 0 amide bonds. The Hall–Kier alpha value is -2.61. The van der Waals surface area contributed by atoms with Gasteiger partial charge in [0.1, 0.15) is 11.3 Å². The molecule has 8 heteroatoms. The van der Waals surface area contributed by atoms with E-state index in [1.54, 1.807) is 4.57 Å². The summed E-state index contributed by atoms with van der Waals surface area (Å²) < 4.78 is 22.9. The number of fused-ring (bicyclic) bond motifs is 1. The van der Waals surface area contributed by atoms with Crippen LogP contribution in [0.15, 0.2) is 11.0 Å². The Morgan fingerprint density at radius 1 is 1.36 bits per heavy atom. The number of halogens is 1. The standard InChI is InChI=1S/C20H24FN3O4/c1-9-6-23(8-13(9)22)17-15(21)10(2)14-16(19(17)28-3)24(11-4-5-11)7-12(18(14)25)20(26)27/h7,9,11,13H,4-6,8,22H2,1-3H3,(H,26,27)/t9-,13-/m1/s1. The van der Waals surface area contributed by atoms with E-state index < -0.39 is 17.2 Å². The van der Waals surface area contributed by atoms with Crippen molar-refractivity contribution in [1.82, 2.24) is 4.57 Å². The number of hydrogen-bond acceptors (Lipinski definition) is 5. The highest BCUT2D eigenvalue weighted by atomic mass is 19.1. The first kappa shape index (κ1) is 18.7. The lowest BCUT2D eigenvalue weighted by Gasteiger charge is -2.26. The van der Waals surface area contributed by atoms with Crippen molar-refractivity contribution in [3.05, 3.63) is 33.4 Å². The predicted molar refractivity (Wildman–Crippen MR) is 104 cm³/mol. The van der Waals surface area contributed by atoms with Gasteiger partial charge in [0.2, 0.25) is 5.43 Å². The molecule has 150 valence electrons. The number of carbonyl (C=O) groups is 1. The van der Waals surface area contributed by atoms with Crippen LogP contribution in [-0.2, 0) is 0 Å². The molecule has 28 heavy (non-hydrogen) atoms. The summed E-state index contributed by atoms with van der Waals surface area (Å²) in [5.41, 5.74) is 5.99. The first-order valence-electron chi connectivity index (χ1n) is 9.44. The van der Waals surface area contributed by atoms with E-state index in [2.05, 4.69) is 0 Å². The van der Waals surface area contributed by atoms with Gasteiger partial charge in [-0.3, -0.25) is 4.79 Å². The Labute approximate surface area is 161 Å². The number of pyridine rings is 1. The monoisotopic (exact) mass is 389 g/mol. The minimum atomic E-state index is -1.32. The summed E-state index contributed by atoms with van der Waals surface area (Å²) in [6.45, 7) is 4.60. The quantitative estimate of drug-likeness (QED) is 0.833. The van der Waals surface area contributed by atoms with Gasteiger partial charge in [0.05, 0.1) is 18.0 Å². The van der Waals surface area contributed by atoms with Crippen LogP contribution in [0.5, 0.6) is 5.75 Å². The van der Waals surface area contributed by atoms with Gasteiger partial charge in [0.25, 0.3) is 0 Å². The van der Waals surface area contributed by atoms with E-state index in [9.17, 15) is 14.7 Å². The highest BCUT2D eigenvalue weighted by molar-refractivity contribution is 5.99. The number of nitrogens with zero attached hydrogens (tertiary/aromatic N) is 2.